The molecule has 6 nitrogen and oxygen atoms in total. The molecular formula is C15H20N2O4. The highest BCUT2D eigenvalue weighted by atomic mass is 16.6. The van der Waals surface area contributed by atoms with Gasteiger partial charge in [-0.05, 0) is 31.2 Å². The summed E-state index contributed by atoms with van der Waals surface area (Å²) in [6.07, 6.45) is 4.29. The quantitative estimate of drug-likeness (QED) is 0.644. The molecule has 1 N–H and O–H groups in total. The topological polar surface area (TPSA) is 81.5 Å². The first-order chi connectivity index (χ1) is 10.1. The van der Waals surface area contributed by atoms with Crippen LogP contribution >= 0.6 is 0 Å². The van der Waals surface area contributed by atoms with Crippen LogP contribution in [0.1, 0.15) is 31.2 Å². The maximum Gasteiger partial charge on any atom is 0.269 e. The van der Waals surface area contributed by atoms with Crippen molar-refractivity contribution in [3.8, 4) is 0 Å². The van der Waals surface area contributed by atoms with E-state index < -0.39 is 4.92 Å². The number of rotatable bonds is 6. The third-order valence-electron chi connectivity index (χ3n) is 3.57. The smallest absolute Gasteiger partial charge is 0.269 e. The lowest BCUT2D eigenvalue weighted by Gasteiger charge is -2.21. The summed E-state index contributed by atoms with van der Waals surface area (Å²) >= 11 is 0. The molecule has 1 unspecified atom stereocenters. The van der Waals surface area contributed by atoms with E-state index in [-0.39, 0.29) is 17.7 Å². The number of nitro benzene ring substituents is 1. The summed E-state index contributed by atoms with van der Waals surface area (Å²) in [5.41, 5.74) is 1.05. The van der Waals surface area contributed by atoms with E-state index in [1.54, 1.807) is 12.1 Å². The van der Waals surface area contributed by atoms with Gasteiger partial charge in [0.15, 0.2) is 0 Å². The van der Waals surface area contributed by atoms with Crippen LogP contribution in [0.15, 0.2) is 24.3 Å². The number of non-ortho nitro benzene ring substituents is 1. The number of hydrogen-bond donors (Lipinski definition) is 1. The van der Waals surface area contributed by atoms with Crippen molar-refractivity contribution < 1.29 is 14.5 Å². The molecule has 0 aromatic heterocycles. The minimum absolute atomic E-state index is 0.00353. The molecule has 1 aromatic rings. The molecule has 1 atom stereocenters. The number of carbonyl (C=O) groups excluding carboxylic acids is 1. The molecular weight excluding hydrogens is 272 g/mol. The molecule has 0 bridgehead atoms. The van der Waals surface area contributed by atoms with E-state index >= 15 is 0 Å². The summed E-state index contributed by atoms with van der Waals surface area (Å²) < 4.78 is 5.52. The lowest BCUT2D eigenvalue weighted by atomic mass is 10.1. The standard InChI is InChI=1S/C15H20N2O4/c18-15(11-14-3-1-2-10-21-14)16-9-8-12-4-6-13(7-5-12)17(19)20/h4-7,14H,1-3,8-11H2,(H,16,18). The Morgan fingerprint density at radius 3 is 2.71 bits per heavy atom. The van der Waals surface area contributed by atoms with Crippen LogP contribution in [-0.4, -0.2) is 30.1 Å². The summed E-state index contributed by atoms with van der Waals surface area (Å²) in [4.78, 5) is 21.9. The number of carbonyl (C=O) groups is 1. The molecule has 0 radical (unpaired) electrons. The van der Waals surface area contributed by atoms with Crippen molar-refractivity contribution >= 4 is 11.6 Å². The first-order valence-electron chi connectivity index (χ1n) is 7.27. The van der Waals surface area contributed by atoms with E-state index in [1.165, 1.54) is 12.1 Å². The average Bonchev–Trinajstić information content (AvgIpc) is 2.49. The fourth-order valence-corrected chi connectivity index (χ4v) is 2.38. The maximum atomic E-state index is 11.8. The van der Waals surface area contributed by atoms with Gasteiger partial charge in [-0.1, -0.05) is 12.1 Å². The fourth-order valence-electron chi connectivity index (χ4n) is 2.38. The molecule has 114 valence electrons. The van der Waals surface area contributed by atoms with Gasteiger partial charge in [-0.3, -0.25) is 14.9 Å². The van der Waals surface area contributed by atoms with E-state index in [1.807, 2.05) is 0 Å². The molecule has 1 fully saturated rings. The number of nitrogens with one attached hydrogen (secondary N) is 1. The van der Waals surface area contributed by atoms with Gasteiger partial charge >= 0.3 is 0 Å². The Labute approximate surface area is 123 Å². The number of ether oxygens (including phenoxy) is 1. The van der Waals surface area contributed by atoms with Crippen molar-refractivity contribution in [2.75, 3.05) is 13.2 Å². The second kappa shape index (κ2) is 7.73. The minimum atomic E-state index is -0.421. The van der Waals surface area contributed by atoms with Crippen LogP contribution in [0.4, 0.5) is 5.69 Å². The van der Waals surface area contributed by atoms with E-state index in [0.29, 0.717) is 19.4 Å². The van der Waals surface area contributed by atoms with E-state index in [2.05, 4.69) is 5.32 Å². The largest absolute Gasteiger partial charge is 0.378 e. The molecule has 0 spiro atoms. The first kappa shape index (κ1) is 15.4. The molecule has 1 aliphatic rings. The van der Waals surface area contributed by atoms with Gasteiger partial charge in [-0.15, -0.1) is 0 Å². The van der Waals surface area contributed by atoms with Gasteiger partial charge in [0.2, 0.25) is 5.91 Å². The zero-order chi connectivity index (χ0) is 15.1. The predicted octanol–water partition coefficient (Wildman–Crippen LogP) is 2.21. The Morgan fingerprint density at radius 2 is 2.10 bits per heavy atom. The fraction of sp³-hybridized carbons (Fsp3) is 0.533. The van der Waals surface area contributed by atoms with Crippen molar-refractivity contribution in [3.05, 3.63) is 39.9 Å². The van der Waals surface area contributed by atoms with Crippen LogP contribution in [0.2, 0.25) is 0 Å². The molecule has 6 heteroatoms. The van der Waals surface area contributed by atoms with Crippen LogP contribution in [0, 0.1) is 10.1 Å². The zero-order valence-corrected chi connectivity index (χ0v) is 11.9. The summed E-state index contributed by atoms with van der Waals surface area (Å²) in [5, 5.41) is 13.4. The van der Waals surface area contributed by atoms with Gasteiger partial charge < -0.3 is 10.1 Å². The lowest BCUT2D eigenvalue weighted by Crippen LogP contribution is -2.31. The highest BCUT2D eigenvalue weighted by Crippen LogP contribution is 2.15. The van der Waals surface area contributed by atoms with Crippen molar-refractivity contribution in [2.45, 2.75) is 38.2 Å². The second-order valence-corrected chi connectivity index (χ2v) is 5.22. The number of benzene rings is 1. The SMILES string of the molecule is O=C(CC1CCCCO1)NCCc1ccc([N+](=O)[O-])cc1. The third-order valence-corrected chi connectivity index (χ3v) is 3.57. The molecule has 1 heterocycles. The molecule has 2 rings (SSSR count). The molecule has 0 saturated carbocycles. The molecule has 1 amide bonds. The van der Waals surface area contributed by atoms with Gasteiger partial charge in [0.25, 0.3) is 5.69 Å². The Balaban J connectivity index is 1.68. The van der Waals surface area contributed by atoms with Gasteiger partial charge in [-0.25, -0.2) is 0 Å². The Morgan fingerprint density at radius 1 is 1.33 bits per heavy atom. The summed E-state index contributed by atoms with van der Waals surface area (Å²) in [6.45, 7) is 1.28. The normalized spacial score (nSPS) is 18.2. The Bertz CT molecular complexity index is 481. The van der Waals surface area contributed by atoms with Crippen LogP contribution in [-0.2, 0) is 16.0 Å². The highest BCUT2D eigenvalue weighted by molar-refractivity contribution is 5.76. The summed E-state index contributed by atoms with van der Waals surface area (Å²) in [7, 11) is 0. The van der Waals surface area contributed by atoms with Crippen LogP contribution in [0.3, 0.4) is 0 Å². The number of nitrogens with zero attached hydrogens (tertiary/aromatic N) is 1. The zero-order valence-electron chi connectivity index (χ0n) is 11.9. The highest BCUT2D eigenvalue weighted by Gasteiger charge is 2.17. The second-order valence-electron chi connectivity index (χ2n) is 5.22. The van der Waals surface area contributed by atoms with Gasteiger partial charge in [0.05, 0.1) is 17.4 Å². The number of nitro groups is 1. The van der Waals surface area contributed by atoms with Crippen molar-refractivity contribution in [1.82, 2.24) is 5.32 Å². The van der Waals surface area contributed by atoms with Gasteiger partial charge in [0.1, 0.15) is 0 Å². The van der Waals surface area contributed by atoms with E-state index in [0.717, 1.165) is 31.4 Å². The predicted molar refractivity (Wildman–Crippen MR) is 78.0 cm³/mol. The Hall–Kier alpha value is -1.95. The number of hydrogen-bond acceptors (Lipinski definition) is 4. The Kier molecular flexibility index (Phi) is 5.68. The molecule has 1 saturated heterocycles. The van der Waals surface area contributed by atoms with Crippen molar-refractivity contribution in [3.63, 3.8) is 0 Å². The molecule has 0 aliphatic carbocycles. The number of amides is 1. The van der Waals surface area contributed by atoms with Crippen molar-refractivity contribution in [2.24, 2.45) is 0 Å². The van der Waals surface area contributed by atoms with Gasteiger partial charge in [0, 0.05) is 25.3 Å². The van der Waals surface area contributed by atoms with Crippen LogP contribution in [0.25, 0.3) is 0 Å². The maximum absolute atomic E-state index is 11.8. The van der Waals surface area contributed by atoms with Crippen molar-refractivity contribution in [1.29, 1.82) is 0 Å². The van der Waals surface area contributed by atoms with E-state index in [9.17, 15) is 14.9 Å². The van der Waals surface area contributed by atoms with Crippen LogP contribution in [0.5, 0.6) is 0 Å². The molecule has 21 heavy (non-hydrogen) atoms. The minimum Gasteiger partial charge on any atom is -0.378 e. The monoisotopic (exact) mass is 292 g/mol. The van der Waals surface area contributed by atoms with Gasteiger partial charge in [-0.2, -0.15) is 0 Å². The average molecular weight is 292 g/mol. The van der Waals surface area contributed by atoms with E-state index in [4.69, 9.17) is 4.74 Å². The lowest BCUT2D eigenvalue weighted by molar-refractivity contribution is -0.384. The summed E-state index contributed by atoms with van der Waals surface area (Å²) in [6, 6.07) is 6.39. The molecule has 1 aliphatic heterocycles. The van der Waals surface area contributed by atoms with Crippen LogP contribution < -0.4 is 5.32 Å². The summed E-state index contributed by atoms with van der Waals surface area (Å²) in [5.74, 6) is 0.00353. The third kappa shape index (κ3) is 5.15. The molecule has 1 aromatic carbocycles. The first-order valence-corrected chi connectivity index (χ1v) is 7.27.